The lowest BCUT2D eigenvalue weighted by atomic mass is 10.5. The highest BCUT2D eigenvalue weighted by Crippen LogP contribution is 2.34. The molecule has 0 fully saturated rings. The number of allylic oxidation sites excluding steroid dienone is 1. The molecule has 0 aliphatic heterocycles. The quantitative estimate of drug-likeness (QED) is 0.550. The molecule has 0 rings (SSSR count). The number of hydrogen-bond acceptors (Lipinski definition) is 0. The molecule has 0 N–H and O–H groups in total. The summed E-state index contributed by atoms with van der Waals surface area (Å²) in [7, 11) is 0. The summed E-state index contributed by atoms with van der Waals surface area (Å²) in [5.41, 5.74) is 0. The first-order chi connectivity index (χ1) is 6.25. The normalized spacial score (nSPS) is 12.6. The lowest BCUT2D eigenvalue weighted by molar-refractivity contribution is 0.993. The lowest BCUT2D eigenvalue weighted by Crippen LogP contribution is -2.20. The zero-order valence-corrected chi connectivity index (χ0v) is 12.6. The second kappa shape index (κ2) is 10.2. The van der Waals surface area contributed by atoms with Crippen molar-refractivity contribution < 1.29 is 0 Å². The molecule has 1 atom stereocenters. The number of halogens is 8. The molecule has 0 radical (unpaired) electrons. The van der Waals surface area contributed by atoms with Gasteiger partial charge < -0.3 is 0 Å². The summed E-state index contributed by atoms with van der Waals surface area (Å²) in [6, 6.07) is 0. The summed E-state index contributed by atoms with van der Waals surface area (Å²) in [5.74, 6) is 0.514. The van der Waals surface area contributed by atoms with E-state index >= 15 is 0 Å². The summed E-state index contributed by atoms with van der Waals surface area (Å²) in [6.45, 7) is 0. The van der Waals surface area contributed by atoms with Crippen LogP contribution in [-0.2, 0) is 0 Å². The Morgan fingerprint density at radius 3 is 1.57 bits per heavy atom. The third-order valence-electron chi connectivity index (χ3n) is 0.722. The van der Waals surface area contributed by atoms with Gasteiger partial charge >= 0.3 is 0 Å². The molecular weight excluding hydrogens is 356 g/mol. The molecule has 0 amide bonds. The largest absolute Gasteiger partial charge is 0.207 e. The molecule has 0 spiro atoms. The lowest BCUT2D eigenvalue weighted by Gasteiger charge is -2.13. The fraction of sp³-hybridized carbons (Fsp3) is 0.667. The van der Waals surface area contributed by atoms with Crippen LogP contribution in [0.3, 0.4) is 0 Å². The van der Waals surface area contributed by atoms with Crippen LogP contribution in [0.2, 0.25) is 0 Å². The van der Waals surface area contributed by atoms with E-state index in [0.717, 1.165) is 0 Å². The van der Waals surface area contributed by atoms with Gasteiger partial charge in [0.05, 0.1) is 5.38 Å². The minimum Gasteiger partial charge on any atom is -0.125 e. The van der Waals surface area contributed by atoms with Crippen LogP contribution in [0.4, 0.5) is 0 Å². The van der Waals surface area contributed by atoms with Crippen LogP contribution in [0, 0.1) is 0 Å². The van der Waals surface area contributed by atoms with E-state index in [4.69, 9.17) is 92.8 Å². The molecule has 0 aromatic rings. The van der Waals surface area contributed by atoms with Crippen LogP contribution in [-0.4, -0.2) is 20.9 Å². The fourth-order valence-electron chi connectivity index (χ4n) is 0.146. The minimum atomic E-state index is -1.44. The van der Waals surface area contributed by atoms with Crippen LogP contribution in [0.25, 0.3) is 0 Å². The first-order valence-corrected chi connectivity index (χ1v) is 6.49. The maximum Gasteiger partial charge on any atom is 0.207 e. The molecule has 0 aliphatic rings. The summed E-state index contributed by atoms with van der Waals surface area (Å²) >= 11 is 42.0. The average Bonchev–Trinajstić information content (AvgIpc) is 2.02. The minimum absolute atomic E-state index is 0.137. The second-order valence-electron chi connectivity index (χ2n) is 1.81. The molecular formula is C6H6Cl8. The molecule has 0 saturated heterocycles. The van der Waals surface area contributed by atoms with Crippen LogP contribution >= 0.6 is 92.8 Å². The van der Waals surface area contributed by atoms with Gasteiger partial charge in [-0.2, -0.15) is 0 Å². The molecule has 1 unspecified atom stereocenters. The van der Waals surface area contributed by atoms with Crippen molar-refractivity contribution in [3.63, 3.8) is 0 Å². The Kier molecular flexibility index (Phi) is 13.5. The summed E-state index contributed by atoms with van der Waals surface area (Å²) in [5, 5.41) is -0.617. The van der Waals surface area contributed by atoms with Gasteiger partial charge in [-0.05, 0) is 6.08 Å². The molecule has 0 aromatic heterocycles. The summed E-state index contributed by atoms with van der Waals surface area (Å²) in [6.07, 6.45) is 1.50. The van der Waals surface area contributed by atoms with Gasteiger partial charge in [-0.15, -0.1) is 34.8 Å². The van der Waals surface area contributed by atoms with E-state index in [1.165, 1.54) is 6.08 Å². The number of hydrogen-bond donors (Lipinski definition) is 0. The predicted octanol–water partition coefficient (Wildman–Crippen LogP) is 5.75. The van der Waals surface area contributed by atoms with Gasteiger partial charge in [-0.1, -0.05) is 58.0 Å². The smallest absolute Gasteiger partial charge is 0.125 e. The molecule has 0 aliphatic carbocycles. The zero-order chi connectivity index (χ0) is 11.8. The Labute approximate surface area is 123 Å². The predicted molar refractivity (Wildman–Crippen MR) is 71.2 cm³/mol. The van der Waals surface area contributed by atoms with Crippen molar-refractivity contribution in [2.45, 2.75) is 9.17 Å². The standard InChI is InChI=1S/C3H3Cl5.C3H3Cl3/c4-1-2(5)3(6,7)8;4-2-1-3(5)6/h2H,1H2;1H,2H2. The van der Waals surface area contributed by atoms with E-state index in [9.17, 15) is 0 Å². The maximum absolute atomic E-state index is 5.41. The maximum atomic E-state index is 5.41. The summed E-state index contributed by atoms with van der Waals surface area (Å²) < 4.78 is -1.21. The van der Waals surface area contributed by atoms with Crippen molar-refractivity contribution in [1.82, 2.24) is 0 Å². The highest BCUT2D eigenvalue weighted by atomic mass is 35.6. The first-order valence-electron chi connectivity index (χ1n) is 3.09. The molecule has 0 saturated carbocycles. The average molecular weight is 362 g/mol. The second-order valence-corrected chi connectivity index (χ2v) is 6.33. The molecule has 8 heteroatoms. The molecule has 14 heavy (non-hydrogen) atoms. The van der Waals surface area contributed by atoms with E-state index in [1.807, 2.05) is 0 Å². The van der Waals surface area contributed by atoms with Crippen molar-refractivity contribution in [1.29, 1.82) is 0 Å². The Morgan fingerprint density at radius 1 is 1.14 bits per heavy atom. The fourth-order valence-corrected chi connectivity index (χ4v) is 1.31. The van der Waals surface area contributed by atoms with Gasteiger partial charge in [0.1, 0.15) is 4.49 Å². The van der Waals surface area contributed by atoms with Crippen molar-refractivity contribution in [3.05, 3.63) is 10.6 Å². The molecule has 0 aromatic carbocycles. The van der Waals surface area contributed by atoms with Gasteiger partial charge in [0.15, 0.2) is 0 Å². The Hall–Kier alpha value is 2.06. The molecule has 0 heterocycles. The number of rotatable bonds is 2. The van der Waals surface area contributed by atoms with Gasteiger partial charge in [0, 0.05) is 11.8 Å². The van der Waals surface area contributed by atoms with Crippen LogP contribution < -0.4 is 0 Å². The van der Waals surface area contributed by atoms with Crippen molar-refractivity contribution in [3.8, 4) is 0 Å². The number of alkyl halides is 6. The highest BCUT2D eigenvalue weighted by molar-refractivity contribution is 6.70. The van der Waals surface area contributed by atoms with E-state index < -0.39 is 9.17 Å². The Balaban J connectivity index is 0. The molecule has 0 nitrogen and oxygen atoms in total. The van der Waals surface area contributed by atoms with Crippen LogP contribution in [0.15, 0.2) is 10.6 Å². The van der Waals surface area contributed by atoms with Crippen molar-refractivity contribution >= 4 is 92.8 Å². The van der Waals surface area contributed by atoms with E-state index in [-0.39, 0.29) is 10.4 Å². The van der Waals surface area contributed by atoms with Crippen LogP contribution in [0.1, 0.15) is 0 Å². The van der Waals surface area contributed by atoms with E-state index in [2.05, 4.69) is 0 Å². The molecule has 0 bridgehead atoms. The van der Waals surface area contributed by atoms with Gasteiger partial charge in [0.25, 0.3) is 0 Å². The molecule has 86 valence electrons. The Bertz CT molecular complexity index is 156. The van der Waals surface area contributed by atoms with Crippen LogP contribution in [0.5, 0.6) is 0 Å². The van der Waals surface area contributed by atoms with E-state index in [1.54, 1.807) is 0 Å². The third-order valence-corrected chi connectivity index (χ3v) is 3.26. The SMILES string of the molecule is ClCC(Cl)C(Cl)(Cl)Cl.ClCC=C(Cl)Cl. The first kappa shape index (κ1) is 18.4. The summed E-state index contributed by atoms with van der Waals surface area (Å²) in [4.78, 5) is 0. The monoisotopic (exact) mass is 358 g/mol. The highest BCUT2D eigenvalue weighted by Gasteiger charge is 2.29. The van der Waals surface area contributed by atoms with Gasteiger partial charge in [-0.3, -0.25) is 0 Å². The van der Waals surface area contributed by atoms with Crippen molar-refractivity contribution in [2.24, 2.45) is 0 Å². The topological polar surface area (TPSA) is 0 Å². The zero-order valence-electron chi connectivity index (χ0n) is 6.59. The van der Waals surface area contributed by atoms with Crippen molar-refractivity contribution in [2.75, 3.05) is 11.8 Å². The van der Waals surface area contributed by atoms with E-state index in [0.29, 0.717) is 5.88 Å². The van der Waals surface area contributed by atoms with Gasteiger partial charge in [-0.25, -0.2) is 0 Å². The van der Waals surface area contributed by atoms with Gasteiger partial charge in [0.2, 0.25) is 3.79 Å². The third kappa shape index (κ3) is 14.1. The Morgan fingerprint density at radius 2 is 1.57 bits per heavy atom.